The molecule has 15 nitrogen and oxygen atoms in total. The molecule has 2 aromatic heterocycles. The van der Waals surface area contributed by atoms with Gasteiger partial charge in [0.25, 0.3) is 0 Å². The summed E-state index contributed by atoms with van der Waals surface area (Å²) in [7, 11) is -11.4. The van der Waals surface area contributed by atoms with E-state index in [0.29, 0.717) is 11.2 Å². The molecular formula is C10H14N6O9P3+. The predicted octanol–water partition coefficient (Wildman–Crippen LogP) is -0.545. The van der Waals surface area contributed by atoms with Gasteiger partial charge in [0, 0.05) is 6.42 Å². The summed E-state index contributed by atoms with van der Waals surface area (Å²) in [6.45, 7) is -0.595. The molecule has 0 spiro atoms. The molecular weight excluding hydrogens is 441 g/mol. The van der Waals surface area contributed by atoms with Gasteiger partial charge in [0.15, 0.2) is 11.5 Å². The van der Waals surface area contributed by atoms with Crippen LogP contribution in [-0.2, 0) is 27.3 Å². The fourth-order valence-corrected chi connectivity index (χ4v) is 4.77. The number of hydrogen-bond donors (Lipinski definition) is 4. The molecule has 0 bridgehead atoms. The first-order valence-corrected chi connectivity index (χ1v) is 11.3. The van der Waals surface area contributed by atoms with Gasteiger partial charge in [0.2, 0.25) is 0 Å². The third-order valence-electron chi connectivity index (χ3n) is 3.64. The molecule has 2 aromatic rings. The number of nitrogens with one attached hydrogen (secondary N) is 1. The third kappa shape index (κ3) is 4.91. The molecule has 1 fully saturated rings. The maximum absolute atomic E-state index is 11.7. The Balaban J connectivity index is 1.62. The minimum absolute atomic E-state index is 0.0897. The van der Waals surface area contributed by atoms with Crippen molar-refractivity contribution < 1.29 is 42.2 Å². The maximum Gasteiger partial charge on any atom is 0.668 e. The van der Waals surface area contributed by atoms with Crippen LogP contribution in [0.4, 0.5) is 5.82 Å². The average molecular weight is 455 g/mol. The van der Waals surface area contributed by atoms with Gasteiger partial charge in [0.05, 0.1) is 19.0 Å². The van der Waals surface area contributed by atoms with Gasteiger partial charge < -0.3 is 25.4 Å². The highest BCUT2D eigenvalue weighted by atomic mass is 31.3. The number of hydrogen-bond acceptors (Lipinski definition) is 12. The van der Waals surface area contributed by atoms with Crippen molar-refractivity contribution in [3.05, 3.63) is 12.7 Å². The molecule has 18 heteroatoms. The number of fused-ring (bicyclic) bond motifs is 1. The molecule has 5 N–H and O–H groups in total. The molecule has 6 unspecified atom stereocenters. The molecule has 6 atom stereocenters. The van der Waals surface area contributed by atoms with E-state index < -0.39 is 49.2 Å². The van der Waals surface area contributed by atoms with Gasteiger partial charge in [-0.3, -0.25) is 9.09 Å². The van der Waals surface area contributed by atoms with Crippen LogP contribution < -0.4 is 15.5 Å². The summed E-state index contributed by atoms with van der Waals surface area (Å²) in [6, 6.07) is 0. The number of nitrogens with two attached hydrogens (primary N) is 1. The lowest BCUT2D eigenvalue weighted by molar-refractivity contribution is -0.165. The van der Waals surface area contributed by atoms with Crippen molar-refractivity contribution in [2.24, 2.45) is 0 Å². The number of phosphoric ester groups is 1. The summed E-state index contributed by atoms with van der Waals surface area (Å²) >= 11 is 0. The minimum Gasteiger partial charge on any atom is -0.575 e. The summed E-state index contributed by atoms with van der Waals surface area (Å²) in [6.07, 6.45) is -0.100. The van der Waals surface area contributed by atoms with Crippen LogP contribution in [0.25, 0.3) is 11.2 Å². The molecule has 0 amide bonds. The largest absolute Gasteiger partial charge is 0.668 e. The van der Waals surface area contributed by atoms with Gasteiger partial charge in [-0.05, 0) is 13.4 Å². The SMILES string of the molecule is Nc1ncnc2c1ncn2C1CC(O)C(COP(=O)(O)O[P+](=O)N[P+](=O)[O-])O1. The number of aliphatic hydroxyl groups is 1. The van der Waals surface area contributed by atoms with Crippen LogP contribution in [-0.4, -0.2) is 48.3 Å². The van der Waals surface area contributed by atoms with E-state index >= 15 is 0 Å². The summed E-state index contributed by atoms with van der Waals surface area (Å²) < 4.78 is 49.1. The summed E-state index contributed by atoms with van der Waals surface area (Å²) in [5.74, 6) is 0.170. The fraction of sp³-hybridized carbons (Fsp3) is 0.500. The quantitative estimate of drug-likeness (QED) is 0.367. The number of phosphoric acid groups is 1. The topological polar surface area (TPSA) is 224 Å². The van der Waals surface area contributed by atoms with Crippen molar-refractivity contribution in [2.45, 2.75) is 24.9 Å². The van der Waals surface area contributed by atoms with E-state index in [9.17, 15) is 28.6 Å². The highest BCUT2D eigenvalue weighted by Crippen LogP contribution is 2.52. The van der Waals surface area contributed by atoms with Gasteiger partial charge in [-0.25, -0.2) is 19.5 Å². The Morgan fingerprint density at radius 3 is 2.93 bits per heavy atom. The first-order valence-electron chi connectivity index (χ1n) is 7.48. The number of ether oxygens (including phenoxy) is 1. The van der Waals surface area contributed by atoms with E-state index in [-0.39, 0.29) is 12.2 Å². The Hall–Kier alpha value is -1.50. The molecule has 0 radical (unpaired) electrons. The highest BCUT2D eigenvalue weighted by Gasteiger charge is 2.42. The second-order valence-corrected chi connectivity index (χ2v) is 9.15. The standard InChI is InChI=1S/C10H13N6O9P3/c11-9-8-10(13-3-12-9)16(4-14-8)7-1-5(17)6(24-7)2-23-28(21,22)25-27(20)15-26(18)19/h3-7,17H,1-2H2,(H3-,11,12,13,15,18,19,20,21,22)/p+1. The number of rotatable bonds is 8. The van der Waals surface area contributed by atoms with Gasteiger partial charge in [0.1, 0.15) is 29.0 Å². The molecule has 3 heterocycles. The lowest BCUT2D eigenvalue weighted by atomic mass is 10.2. The van der Waals surface area contributed by atoms with Gasteiger partial charge in [-0.1, -0.05) is 0 Å². The third-order valence-corrected chi connectivity index (χ3v) is 6.84. The van der Waals surface area contributed by atoms with Crippen LogP contribution in [0.1, 0.15) is 12.6 Å². The van der Waals surface area contributed by atoms with Gasteiger partial charge >= 0.3 is 24.2 Å². The normalized spacial score (nSPS) is 25.6. The number of nitrogens with zero attached hydrogens (tertiary/aromatic N) is 4. The number of imidazole rings is 1. The second-order valence-electron chi connectivity index (χ2n) is 5.48. The Labute approximate surface area is 158 Å². The average Bonchev–Trinajstić information content (AvgIpc) is 3.16. The number of aromatic nitrogens is 4. The molecule has 1 aliphatic rings. The zero-order valence-corrected chi connectivity index (χ0v) is 16.4. The molecule has 0 saturated carbocycles. The van der Waals surface area contributed by atoms with E-state index in [0.717, 1.165) is 0 Å². The summed E-state index contributed by atoms with van der Waals surface area (Å²) in [5, 5.41) is 10.1. The van der Waals surface area contributed by atoms with Crippen molar-refractivity contribution >= 4 is 41.2 Å². The fourth-order valence-electron chi connectivity index (χ4n) is 2.49. The summed E-state index contributed by atoms with van der Waals surface area (Å²) in [5.41, 5.74) is 6.43. The second kappa shape index (κ2) is 8.47. The van der Waals surface area contributed by atoms with Crippen LogP contribution in [0.5, 0.6) is 0 Å². The lowest BCUT2D eigenvalue weighted by Crippen LogP contribution is -2.26. The molecule has 28 heavy (non-hydrogen) atoms. The highest BCUT2D eigenvalue weighted by molar-refractivity contribution is 7.61. The first kappa shape index (κ1) is 21.2. The molecule has 1 aliphatic heterocycles. The zero-order valence-electron chi connectivity index (χ0n) is 13.8. The van der Waals surface area contributed by atoms with Crippen LogP contribution in [0, 0.1) is 0 Å². The molecule has 0 aromatic carbocycles. The van der Waals surface area contributed by atoms with Gasteiger partial charge in [-0.15, -0.1) is 0 Å². The monoisotopic (exact) mass is 455 g/mol. The van der Waals surface area contributed by atoms with Crippen LogP contribution in [0.15, 0.2) is 12.7 Å². The van der Waals surface area contributed by atoms with E-state index in [2.05, 4.69) is 23.8 Å². The molecule has 1 saturated heterocycles. The first-order chi connectivity index (χ1) is 13.2. The smallest absolute Gasteiger partial charge is 0.575 e. The van der Waals surface area contributed by atoms with Crippen molar-refractivity contribution in [2.75, 3.05) is 12.3 Å². The lowest BCUT2D eigenvalue weighted by Gasteiger charge is -2.16. The van der Waals surface area contributed by atoms with E-state index in [4.69, 9.17) is 10.5 Å². The molecule has 3 rings (SSSR count). The Morgan fingerprint density at radius 1 is 1.46 bits per heavy atom. The Morgan fingerprint density at radius 2 is 2.21 bits per heavy atom. The number of nitrogen functional groups attached to an aromatic ring is 1. The minimum atomic E-state index is -4.87. The molecule has 152 valence electrons. The van der Waals surface area contributed by atoms with Crippen LogP contribution >= 0.6 is 24.2 Å². The van der Waals surface area contributed by atoms with Crippen molar-refractivity contribution in [1.29, 1.82) is 0 Å². The zero-order chi connectivity index (χ0) is 20.5. The van der Waals surface area contributed by atoms with Crippen molar-refractivity contribution in [1.82, 2.24) is 24.4 Å². The Bertz CT molecular complexity index is 956. The van der Waals surface area contributed by atoms with Crippen molar-refractivity contribution in [3.8, 4) is 0 Å². The van der Waals surface area contributed by atoms with E-state index in [1.807, 2.05) is 0 Å². The van der Waals surface area contributed by atoms with Crippen molar-refractivity contribution in [3.63, 3.8) is 0 Å². The molecule has 0 aliphatic carbocycles. The van der Waals surface area contributed by atoms with E-state index in [1.165, 1.54) is 22.1 Å². The predicted molar refractivity (Wildman–Crippen MR) is 89.5 cm³/mol. The van der Waals surface area contributed by atoms with Crippen LogP contribution in [0.3, 0.4) is 0 Å². The van der Waals surface area contributed by atoms with Crippen LogP contribution in [0.2, 0.25) is 0 Å². The maximum atomic E-state index is 11.7. The Kier molecular flexibility index (Phi) is 6.42. The number of aliphatic hydroxyl groups excluding tert-OH is 1. The summed E-state index contributed by atoms with van der Waals surface area (Å²) in [4.78, 5) is 33.2. The van der Waals surface area contributed by atoms with E-state index in [1.54, 1.807) is 0 Å². The number of anilines is 1. The van der Waals surface area contributed by atoms with Gasteiger partial charge in [-0.2, -0.15) is 0 Å².